The molecule has 1 nitrogen and oxygen atoms in total. The topological polar surface area (TPSA) is 20.2 Å². The number of rotatable bonds is 1. The van der Waals surface area contributed by atoms with Crippen LogP contribution in [-0.4, -0.2) is 5.11 Å². The Morgan fingerprint density at radius 1 is 1.00 bits per heavy atom. The van der Waals surface area contributed by atoms with Crippen molar-refractivity contribution in [1.82, 2.24) is 0 Å². The zero-order chi connectivity index (χ0) is 14.1. The second kappa shape index (κ2) is 5.89. The summed E-state index contributed by atoms with van der Waals surface area (Å²) in [5.74, 6) is 2.85. The van der Waals surface area contributed by atoms with Crippen molar-refractivity contribution in [3.63, 3.8) is 0 Å². The number of fused-ring (bicyclic) bond motifs is 1. The molecule has 3 rings (SSSR count). The number of benzene rings is 1. The molecule has 1 fully saturated rings. The molecule has 1 saturated carbocycles. The van der Waals surface area contributed by atoms with E-state index >= 15 is 0 Å². The summed E-state index contributed by atoms with van der Waals surface area (Å²) in [6.45, 7) is 4.78. The van der Waals surface area contributed by atoms with Gasteiger partial charge in [-0.1, -0.05) is 38.1 Å². The Balaban J connectivity index is 1.83. The van der Waals surface area contributed by atoms with Crippen LogP contribution in [0.3, 0.4) is 0 Å². The van der Waals surface area contributed by atoms with Gasteiger partial charge in [0.25, 0.3) is 0 Å². The molecule has 1 aromatic carbocycles. The molecule has 0 radical (unpaired) electrons. The molecule has 4 unspecified atom stereocenters. The summed E-state index contributed by atoms with van der Waals surface area (Å²) in [5.41, 5.74) is 2.58. The van der Waals surface area contributed by atoms with Crippen molar-refractivity contribution in [3.8, 4) is 0 Å². The molecule has 4 atom stereocenters. The molecule has 2 aliphatic carbocycles. The first kappa shape index (κ1) is 14.1. The summed E-state index contributed by atoms with van der Waals surface area (Å²) in [5, 5.41) is 10.9. The average molecular weight is 272 g/mol. The number of aliphatic hydroxyl groups is 1. The Hall–Kier alpha value is -0.820. The normalized spacial score (nSPS) is 38.0. The van der Waals surface area contributed by atoms with Crippen molar-refractivity contribution in [3.05, 3.63) is 35.4 Å². The highest BCUT2D eigenvalue weighted by Crippen LogP contribution is 2.45. The maximum atomic E-state index is 10.9. The summed E-state index contributed by atoms with van der Waals surface area (Å²) >= 11 is 0. The van der Waals surface area contributed by atoms with Crippen LogP contribution < -0.4 is 0 Å². The van der Waals surface area contributed by atoms with E-state index in [-0.39, 0.29) is 6.10 Å². The summed E-state index contributed by atoms with van der Waals surface area (Å²) in [6.07, 6.45) is 7.33. The predicted molar refractivity (Wildman–Crippen MR) is 83.5 cm³/mol. The lowest BCUT2D eigenvalue weighted by atomic mass is 9.68. The molecule has 0 aromatic heterocycles. The fraction of sp³-hybridized carbons (Fsp3) is 0.684. The van der Waals surface area contributed by atoms with Crippen molar-refractivity contribution in [2.24, 2.45) is 23.7 Å². The molecule has 20 heavy (non-hydrogen) atoms. The van der Waals surface area contributed by atoms with Gasteiger partial charge in [0.15, 0.2) is 0 Å². The maximum Gasteiger partial charge on any atom is 0.0823 e. The highest BCUT2D eigenvalue weighted by molar-refractivity contribution is 5.30. The minimum atomic E-state index is -0.240. The highest BCUT2D eigenvalue weighted by Gasteiger charge is 2.35. The molecule has 0 spiro atoms. The summed E-state index contributed by atoms with van der Waals surface area (Å²) in [6, 6.07) is 8.54. The first-order valence-corrected chi connectivity index (χ1v) is 8.41. The van der Waals surface area contributed by atoms with E-state index in [2.05, 4.69) is 38.1 Å². The second-order valence-corrected chi connectivity index (χ2v) is 7.38. The van der Waals surface area contributed by atoms with Crippen LogP contribution in [0.2, 0.25) is 0 Å². The van der Waals surface area contributed by atoms with E-state index in [0.717, 1.165) is 24.2 Å². The Morgan fingerprint density at radius 3 is 2.45 bits per heavy atom. The van der Waals surface area contributed by atoms with Crippen LogP contribution in [-0.2, 0) is 6.42 Å². The predicted octanol–water partition coefficient (Wildman–Crippen LogP) is 4.74. The van der Waals surface area contributed by atoms with E-state index in [1.54, 1.807) is 0 Å². The average Bonchev–Trinajstić information content (AvgIpc) is 2.58. The van der Waals surface area contributed by atoms with Gasteiger partial charge in [0, 0.05) is 0 Å². The fourth-order valence-electron chi connectivity index (χ4n) is 4.82. The van der Waals surface area contributed by atoms with Crippen LogP contribution in [0.4, 0.5) is 0 Å². The van der Waals surface area contributed by atoms with Gasteiger partial charge in [-0.2, -0.15) is 0 Å². The van der Waals surface area contributed by atoms with E-state index in [1.807, 2.05) is 0 Å². The standard InChI is InChI=1S/C19H28O/c1-13-10-14(2)12-16(11-13)18-9-5-7-15-6-3-4-8-17(15)19(18)20/h3-4,6,8,13-14,16,18-20H,5,7,9-12H2,1-2H3. The van der Waals surface area contributed by atoms with Crippen molar-refractivity contribution in [2.45, 2.75) is 58.5 Å². The van der Waals surface area contributed by atoms with Crippen LogP contribution in [0.25, 0.3) is 0 Å². The van der Waals surface area contributed by atoms with Gasteiger partial charge in [0.05, 0.1) is 6.10 Å². The number of hydrogen-bond donors (Lipinski definition) is 1. The van der Waals surface area contributed by atoms with Crippen LogP contribution in [0.1, 0.15) is 63.2 Å². The number of aryl methyl sites for hydroxylation is 1. The van der Waals surface area contributed by atoms with Crippen LogP contribution >= 0.6 is 0 Å². The molecule has 1 N–H and O–H groups in total. The Kier molecular flexibility index (Phi) is 4.16. The monoisotopic (exact) mass is 272 g/mol. The summed E-state index contributed by atoms with van der Waals surface area (Å²) in [4.78, 5) is 0. The van der Waals surface area contributed by atoms with Crippen LogP contribution in [0.15, 0.2) is 24.3 Å². The van der Waals surface area contributed by atoms with Crippen molar-refractivity contribution >= 4 is 0 Å². The molecule has 0 amide bonds. The van der Waals surface area contributed by atoms with Crippen molar-refractivity contribution in [2.75, 3.05) is 0 Å². The molecule has 0 heterocycles. The molecular weight excluding hydrogens is 244 g/mol. The molecule has 1 heteroatoms. The third-order valence-electron chi connectivity index (χ3n) is 5.58. The van der Waals surface area contributed by atoms with Crippen molar-refractivity contribution in [1.29, 1.82) is 0 Å². The first-order chi connectivity index (χ1) is 9.65. The van der Waals surface area contributed by atoms with Gasteiger partial charge in [0.2, 0.25) is 0 Å². The van der Waals surface area contributed by atoms with Crippen molar-refractivity contribution < 1.29 is 5.11 Å². The Morgan fingerprint density at radius 2 is 1.70 bits per heavy atom. The van der Waals surface area contributed by atoms with Crippen LogP contribution in [0.5, 0.6) is 0 Å². The smallest absolute Gasteiger partial charge is 0.0823 e. The fourth-order valence-corrected chi connectivity index (χ4v) is 4.82. The lowest BCUT2D eigenvalue weighted by molar-refractivity contribution is 0.0357. The van der Waals surface area contributed by atoms with E-state index in [1.165, 1.54) is 43.2 Å². The highest BCUT2D eigenvalue weighted by atomic mass is 16.3. The van der Waals surface area contributed by atoms with E-state index < -0.39 is 0 Å². The van der Waals surface area contributed by atoms with Gasteiger partial charge >= 0.3 is 0 Å². The zero-order valence-corrected chi connectivity index (χ0v) is 12.9. The maximum absolute atomic E-state index is 10.9. The Bertz CT molecular complexity index is 443. The van der Waals surface area contributed by atoms with E-state index in [0.29, 0.717) is 5.92 Å². The molecule has 1 aromatic rings. The first-order valence-electron chi connectivity index (χ1n) is 8.41. The molecule has 2 aliphatic rings. The van der Waals surface area contributed by atoms with Gasteiger partial charge in [0.1, 0.15) is 0 Å². The van der Waals surface area contributed by atoms with Gasteiger partial charge in [-0.25, -0.2) is 0 Å². The van der Waals surface area contributed by atoms with Crippen LogP contribution in [0, 0.1) is 23.7 Å². The molecule has 0 aliphatic heterocycles. The minimum absolute atomic E-state index is 0.240. The number of aliphatic hydroxyl groups excluding tert-OH is 1. The lowest BCUT2D eigenvalue weighted by Gasteiger charge is -2.38. The quantitative estimate of drug-likeness (QED) is 0.732. The van der Waals surface area contributed by atoms with Gasteiger partial charge in [-0.3, -0.25) is 0 Å². The third-order valence-corrected chi connectivity index (χ3v) is 5.58. The molecular formula is C19H28O. The number of hydrogen-bond acceptors (Lipinski definition) is 1. The van der Waals surface area contributed by atoms with Gasteiger partial charge in [-0.15, -0.1) is 0 Å². The van der Waals surface area contributed by atoms with E-state index in [9.17, 15) is 5.11 Å². The zero-order valence-electron chi connectivity index (χ0n) is 12.9. The SMILES string of the molecule is CC1CC(C)CC(C2CCCc3ccccc3C2O)C1. The third kappa shape index (κ3) is 2.79. The lowest BCUT2D eigenvalue weighted by Crippen LogP contribution is -2.29. The molecule has 0 saturated heterocycles. The second-order valence-electron chi connectivity index (χ2n) is 7.38. The van der Waals surface area contributed by atoms with Gasteiger partial charge in [-0.05, 0) is 73.3 Å². The largest absolute Gasteiger partial charge is 0.388 e. The summed E-state index contributed by atoms with van der Waals surface area (Å²) in [7, 11) is 0. The molecule has 0 bridgehead atoms. The van der Waals surface area contributed by atoms with Gasteiger partial charge < -0.3 is 5.11 Å². The van der Waals surface area contributed by atoms with E-state index in [4.69, 9.17) is 0 Å². The Labute approximate surface area is 123 Å². The summed E-state index contributed by atoms with van der Waals surface area (Å²) < 4.78 is 0. The molecule has 110 valence electrons. The minimum Gasteiger partial charge on any atom is -0.388 e.